The van der Waals surface area contributed by atoms with Gasteiger partial charge in [0.2, 0.25) is 11.8 Å². The van der Waals surface area contributed by atoms with Crippen molar-refractivity contribution in [3.63, 3.8) is 0 Å². The Bertz CT molecular complexity index is 313. The zero-order chi connectivity index (χ0) is 10.4. The maximum atomic E-state index is 10.6. The second-order valence-electron chi connectivity index (χ2n) is 2.90. The van der Waals surface area contributed by atoms with Crippen LogP contribution in [0.5, 0.6) is 5.88 Å². The van der Waals surface area contributed by atoms with Crippen molar-refractivity contribution in [3.8, 4) is 5.88 Å². The molecule has 0 atom stereocenters. The fourth-order valence-electron chi connectivity index (χ4n) is 1.17. The van der Waals surface area contributed by atoms with Gasteiger partial charge in [-0.2, -0.15) is 0 Å². The van der Waals surface area contributed by atoms with Crippen LogP contribution in [0.1, 0.15) is 12.5 Å². The van der Waals surface area contributed by atoms with Gasteiger partial charge in [0.05, 0.1) is 7.11 Å². The SMILES string of the molecule is COc1ncccc1CCNC(C)=O. The summed E-state index contributed by atoms with van der Waals surface area (Å²) in [6.07, 6.45) is 2.41. The Morgan fingerprint density at radius 3 is 3.07 bits per heavy atom. The highest BCUT2D eigenvalue weighted by molar-refractivity contribution is 5.72. The lowest BCUT2D eigenvalue weighted by Crippen LogP contribution is -2.22. The molecule has 0 unspecified atom stereocenters. The lowest BCUT2D eigenvalue weighted by Gasteiger charge is -2.06. The molecule has 0 fully saturated rings. The van der Waals surface area contributed by atoms with E-state index in [0.29, 0.717) is 12.4 Å². The first-order valence-electron chi connectivity index (χ1n) is 4.46. The van der Waals surface area contributed by atoms with E-state index in [2.05, 4.69) is 10.3 Å². The van der Waals surface area contributed by atoms with Crippen LogP contribution in [-0.2, 0) is 11.2 Å². The number of aromatic nitrogens is 1. The number of carbonyl (C=O) groups is 1. The van der Waals surface area contributed by atoms with Crippen molar-refractivity contribution >= 4 is 5.91 Å². The van der Waals surface area contributed by atoms with Gasteiger partial charge in [0.25, 0.3) is 0 Å². The largest absolute Gasteiger partial charge is 0.481 e. The molecule has 14 heavy (non-hydrogen) atoms. The van der Waals surface area contributed by atoms with Crippen LogP contribution in [0, 0.1) is 0 Å². The van der Waals surface area contributed by atoms with E-state index < -0.39 is 0 Å². The van der Waals surface area contributed by atoms with Gasteiger partial charge in [-0.25, -0.2) is 4.98 Å². The second kappa shape index (κ2) is 5.21. The number of pyridine rings is 1. The van der Waals surface area contributed by atoms with Gasteiger partial charge in [-0.05, 0) is 12.5 Å². The topological polar surface area (TPSA) is 51.2 Å². The third-order valence-electron chi connectivity index (χ3n) is 1.81. The number of methoxy groups -OCH3 is 1. The molecule has 0 saturated heterocycles. The molecule has 0 bridgehead atoms. The molecule has 1 heterocycles. The molecule has 1 amide bonds. The van der Waals surface area contributed by atoms with Gasteiger partial charge in [0, 0.05) is 25.2 Å². The molecule has 1 N–H and O–H groups in total. The van der Waals surface area contributed by atoms with Crippen molar-refractivity contribution < 1.29 is 9.53 Å². The quantitative estimate of drug-likeness (QED) is 0.770. The summed E-state index contributed by atoms with van der Waals surface area (Å²) in [6.45, 7) is 2.11. The normalized spacial score (nSPS) is 9.57. The van der Waals surface area contributed by atoms with Crippen molar-refractivity contribution in [2.75, 3.05) is 13.7 Å². The fourth-order valence-corrected chi connectivity index (χ4v) is 1.17. The summed E-state index contributed by atoms with van der Waals surface area (Å²) in [5, 5.41) is 2.72. The fraction of sp³-hybridized carbons (Fsp3) is 0.400. The van der Waals surface area contributed by atoms with Gasteiger partial charge in [0.15, 0.2) is 0 Å². The van der Waals surface area contributed by atoms with Crippen LogP contribution < -0.4 is 10.1 Å². The van der Waals surface area contributed by atoms with Crippen LogP contribution in [0.2, 0.25) is 0 Å². The highest BCUT2D eigenvalue weighted by Gasteiger charge is 2.02. The second-order valence-corrected chi connectivity index (χ2v) is 2.90. The van der Waals surface area contributed by atoms with Gasteiger partial charge in [0.1, 0.15) is 0 Å². The third-order valence-corrected chi connectivity index (χ3v) is 1.81. The number of nitrogens with zero attached hydrogens (tertiary/aromatic N) is 1. The van der Waals surface area contributed by atoms with Crippen LogP contribution in [0.4, 0.5) is 0 Å². The minimum Gasteiger partial charge on any atom is -0.481 e. The van der Waals surface area contributed by atoms with Crippen molar-refractivity contribution in [2.24, 2.45) is 0 Å². The maximum absolute atomic E-state index is 10.6. The molecule has 0 aliphatic heterocycles. The zero-order valence-corrected chi connectivity index (χ0v) is 8.41. The smallest absolute Gasteiger partial charge is 0.216 e. The molecule has 0 aliphatic carbocycles. The molecule has 1 rings (SSSR count). The lowest BCUT2D eigenvalue weighted by atomic mass is 10.2. The van der Waals surface area contributed by atoms with E-state index in [9.17, 15) is 4.79 Å². The van der Waals surface area contributed by atoms with Crippen molar-refractivity contribution in [3.05, 3.63) is 23.9 Å². The van der Waals surface area contributed by atoms with E-state index >= 15 is 0 Å². The molecule has 1 aromatic heterocycles. The van der Waals surface area contributed by atoms with Crippen LogP contribution in [-0.4, -0.2) is 24.5 Å². The molecule has 0 aliphatic rings. The summed E-state index contributed by atoms with van der Waals surface area (Å²) in [4.78, 5) is 14.7. The van der Waals surface area contributed by atoms with Gasteiger partial charge >= 0.3 is 0 Å². The predicted octanol–water partition coefficient (Wildman–Crippen LogP) is 0.769. The van der Waals surface area contributed by atoms with Crippen LogP contribution in [0.25, 0.3) is 0 Å². The number of amides is 1. The molecule has 0 spiro atoms. The predicted molar refractivity (Wildman–Crippen MR) is 53.2 cm³/mol. The Morgan fingerprint density at radius 1 is 1.64 bits per heavy atom. The van der Waals surface area contributed by atoms with E-state index in [0.717, 1.165) is 12.0 Å². The third kappa shape index (κ3) is 3.05. The van der Waals surface area contributed by atoms with Crippen molar-refractivity contribution in [1.82, 2.24) is 10.3 Å². The molecular formula is C10H14N2O2. The highest BCUT2D eigenvalue weighted by Crippen LogP contribution is 2.13. The van der Waals surface area contributed by atoms with E-state index in [1.165, 1.54) is 6.92 Å². The zero-order valence-electron chi connectivity index (χ0n) is 8.41. The first-order valence-corrected chi connectivity index (χ1v) is 4.46. The summed E-state index contributed by atoms with van der Waals surface area (Å²) in [7, 11) is 1.59. The molecule has 1 aromatic rings. The van der Waals surface area contributed by atoms with Crippen molar-refractivity contribution in [2.45, 2.75) is 13.3 Å². The first kappa shape index (κ1) is 10.5. The Morgan fingerprint density at radius 2 is 2.43 bits per heavy atom. The Kier molecular flexibility index (Phi) is 3.91. The van der Waals surface area contributed by atoms with Gasteiger partial charge in [-0.3, -0.25) is 4.79 Å². The average Bonchev–Trinajstić information content (AvgIpc) is 2.18. The summed E-state index contributed by atoms with van der Waals surface area (Å²) in [6, 6.07) is 3.79. The summed E-state index contributed by atoms with van der Waals surface area (Å²) in [5.74, 6) is 0.603. The van der Waals surface area contributed by atoms with Gasteiger partial charge in [-0.1, -0.05) is 6.07 Å². The Balaban J connectivity index is 2.53. The first-order chi connectivity index (χ1) is 6.74. The van der Waals surface area contributed by atoms with Gasteiger partial charge in [-0.15, -0.1) is 0 Å². The van der Waals surface area contributed by atoms with Crippen LogP contribution >= 0.6 is 0 Å². The minimum absolute atomic E-state index is 0.0205. The Labute approximate surface area is 83.3 Å². The summed E-state index contributed by atoms with van der Waals surface area (Å²) < 4.78 is 5.08. The van der Waals surface area contributed by atoms with E-state index in [4.69, 9.17) is 4.74 Å². The molecule has 0 aromatic carbocycles. The number of ether oxygens (including phenoxy) is 1. The molecule has 4 heteroatoms. The van der Waals surface area contributed by atoms with Crippen LogP contribution in [0.3, 0.4) is 0 Å². The number of hydrogen-bond acceptors (Lipinski definition) is 3. The number of hydrogen-bond donors (Lipinski definition) is 1. The van der Waals surface area contributed by atoms with Crippen molar-refractivity contribution in [1.29, 1.82) is 0 Å². The van der Waals surface area contributed by atoms with E-state index in [-0.39, 0.29) is 5.91 Å². The molecule has 4 nitrogen and oxygen atoms in total. The van der Waals surface area contributed by atoms with Crippen LogP contribution in [0.15, 0.2) is 18.3 Å². The molecule has 0 radical (unpaired) electrons. The van der Waals surface area contributed by atoms with E-state index in [1.54, 1.807) is 13.3 Å². The standard InChI is InChI=1S/C10H14N2O2/c1-8(13)11-7-5-9-4-3-6-12-10(9)14-2/h3-4,6H,5,7H2,1-2H3,(H,11,13). The summed E-state index contributed by atoms with van der Waals surface area (Å²) >= 11 is 0. The minimum atomic E-state index is -0.0205. The average molecular weight is 194 g/mol. The molecule has 76 valence electrons. The van der Waals surface area contributed by atoms with Gasteiger partial charge < -0.3 is 10.1 Å². The lowest BCUT2D eigenvalue weighted by molar-refractivity contribution is -0.118. The maximum Gasteiger partial charge on any atom is 0.216 e. The molecular weight excluding hydrogens is 180 g/mol. The summed E-state index contributed by atoms with van der Waals surface area (Å²) in [5.41, 5.74) is 1.00. The highest BCUT2D eigenvalue weighted by atomic mass is 16.5. The Hall–Kier alpha value is -1.58. The number of carbonyl (C=O) groups excluding carboxylic acids is 1. The van der Waals surface area contributed by atoms with E-state index in [1.807, 2.05) is 12.1 Å². The monoisotopic (exact) mass is 194 g/mol. The number of rotatable bonds is 4. The molecule has 0 saturated carbocycles. The number of nitrogens with one attached hydrogen (secondary N) is 1.